The molecule has 14 heavy (non-hydrogen) atoms. The number of aliphatic hydroxyl groups is 1. The fourth-order valence-electron chi connectivity index (χ4n) is 1.39. The number of hydrogen-bond acceptors (Lipinski definition) is 3. The van der Waals surface area contributed by atoms with E-state index in [-0.39, 0.29) is 6.04 Å². The molecule has 0 aromatic rings. The number of likely N-dealkylation sites (N-methyl/N-ethyl adjacent to an activating group) is 1. The maximum atomic E-state index is 10.1. The molecule has 0 aromatic heterocycles. The van der Waals surface area contributed by atoms with Crippen LogP contribution in [0.25, 0.3) is 0 Å². The first-order chi connectivity index (χ1) is 6.54. The normalized spacial score (nSPS) is 17.8. The largest absolute Gasteiger partial charge is 0.389 e. The first-order valence-electron chi connectivity index (χ1n) is 5.71. The highest BCUT2D eigenvalue weighted by molar-refractivity contribution is 4.84. The van der Waals surface area contributed by atoms with Gasteiger partial charge < -0.3 is 15.7 Å². The van der Waals surface area contributed by atoms with Gasteiger partial charge in [-0.25, -0.2) is 0 Å². The van der Waals surface area contributed by atoms with Gasteiger partial charge in [-0.05, 0) is 46.3 Å². The van der Waals surface area contributed by atoms with E-state index in [4.69, 9.17) is 0 Å². The molecule has 2 unspecified atom stereocenters. The van der Waals surface area contributed by atoms with Gasteiger partial charge in [-0.1, -0.05) is 13.8 Å². The zero-order chi connectivity index (χ0) is 11.0. The lowest BCUT2D eigenvalue weighted by Gasteiger charge is -2.31. The first kappa shape index (κ1) is 13.9. The summed E-state index contributed by atoms with van der Waals surface area (Å²) < 4.78 is 0. The van der Waals surface area contributed by atoms with E-state index in [9.17, 15) is 5.11 Å². The Labute approximate surface area is 88.3 Å². The molecule has 0 radical (unpaired) electrons. The second-order valence-electron chi connectivity index (χ2n) is 4.14. The van der Waals surface area contributed by atoms with Crippen molar-refractivity contribution < 1.29 is 5.11 Å². The molecular weight excluding hydrogens is 176 g/mol. The molecule has 0 aliphatic rings. The maximum Gasteiger partial charge on any atom is 0.0781 e. The monoisotopic (exact) mass is 202 g/mol. The van der Waals surface area contributed by atoms with Crippen LogP contribution in [0.2, 0.25) is 0 Å². The number of rotatable bonds is 8. The van der Waals surface area contributed by atoms with Crippen molar-refractivity contribution in [1.82, 2.24) is 10.6 Å². The smallest absolute Gasteiger partial charge is 0.0781 e. The van der Waals surface area contributed by atoms with Crippen LogP contribution in [0, 0.1) is 0 Å². The Morgan fingerprint density at radius 3 is 2.43 bits per heavy atom. The van der Waals surface area contributed by atoms with Gasteiger partial charge in [0.1, 0.15) is 0 Å². The van der Waals surface area contributed by atoms with Crippen LogP contribution in [0.3, 0.4) is 0 Å². The van der Waals surface area contributed by atoms with Crippen molar-refractivity contribution in [2.24, 2.45) is 0 Å². The molecule has 0 spiro atoms. The summed E-state index contributed by atoms with van der Waals surface area (Å²) in [4.78, 5) is 0. The van der Waals surface area contributed by atoms with Gasteiger partial charge in [0, 0.05) is 6.04 Å². The van der Waals surface area contributed by atoms with Crippen molar-refractivity contribution in [1.29, 1.82) is 0 Å². The van der Waals surface area contributed by atoms with Crippen molar-refractivity contribution in [3.8, 4) is 0 Å². The zero-order valence-electron chi connectivity index (χ0n) is 10.1. The van der Waals surface area contributed by atoms with Crippen LogP contribution in [0.1, 0.15) is 40.5 Å². The van der Waals surface area contributed by atoms with Crippen LogP contribution in [-0.2, 0) is 0 Å². The predicted octanol–water partition coefficient (Wildman–Crippen LogP) is 1.13. The van der Waals surface area contributed by atoms with E-state index < -0.39 is 5.60 Å². The highest BCUT2D eigenvalue weighted by Gasteiger charge is 2.26. The van der Waals surface area contributed by atoms with Crippen LogP contribution in [0.4, 0.5) is 0 Å². The third-order valence-corrected chi connectivity index (χ3v) is 2.68. The zero-order valence-corrected chi connectivity index (χ0v) is 10.1. The molecule has 0 heterocycles. The summed E-state index contributed by atoms with van der Waals surface area (Å²) in [5.41, 5.74) is -0.614. The molecule has 0 bridgehead atoms. The molecule has 0 rings (SSSR count). The Balaban J connectivity index is 3.69. The minimum atomic E-state index is -0.614. The molecule has 0 amide bonds. The molecule has 0 aromatic carbocycles. The van der Waals surface area contributed by atoms with Crippen molar-refractivity contribution in [2.45, 2.75) is 52.2 Å². The Bertz CT molecular complexity index is 137. The SMILES string of the molecule is CCCNCCC(C)(O)C(C)NCC. The van der Waals surface area contributed by atoms with Crippen LogP contribution in [-0.4, -0.2) is 36.4 Å². The molecule has 0 saturated carbocycles. The Morgan fingerprint density at radius 1 is 1.29 bits per heavy atom. The third-order valence-electron chi connectivity index (χ3n) is 2.68. The lowest BCUT2D eigenvalue weighted by molar-refractivity contribution is 0.0183. The topological polar surface area (TPSA) is 44.3 Å². The predicted molar refractivity (Wildman–Crippen MR) is 61.5 cm³/mol. The number of nitrogens with one attached hydrogen (secondary N) is 2. The third kappa shape index (κ3) is 5.58. The minimum absolute atomic E-state index is 0.149. The quantitative estimate of drug-likeness (QED) is 0.517. The van der Waals surface area contributed by atoms with E-state index in [0.29, 0.717) is 0 Å². The molecule has 2 atom stereocenters. The summed E-state index contributed by atoms with van der Waals surface area (Å²) in [6.45, 7) is 11.0. The fraction of sp³-hybridized carbons (Fsp3) is 1.00. The standard InChI is InChI=1S/C11H26N2O/c1-5-8-12-9-7-11(4,14)10(3)13-6-2/h10,12-14H,5-9H2,1-4H3. The van der Waals surface area contributed by atoms with Gasteiger partial charge in [0.05, 0.1) is 5.60 Å². The van der Waals surface area contributed by atoms with E-state index in [0.717, 1.165) is 32.5 Å². The van der Waals surface area contributed by atoms with Gasteiger partial charge in [0.15, 0.2) is 0 Å². The lowest BCUT2D eigenvalue weighted by Crippen LogP contribution is -2.48. The van der Waals surface area contributed by atoms with Crippen LogP contribution in [0.5, 0.6) is 0 Å². The van der Waals surface area contributed by atoms with Crippen molar-refractivity contribution in [2.75, 3.05) is 19.6 Å². The van der Waals surface area contributed by atoms with Crippen LogP contribution >= 0.6 is 0 Å². The van der Waals surface area contributed by atoms with E-state index in [1.54, 1.807) is 0 Å². The van der Waals surface area contributed by atoms with Crippen molar-refractivity contribution >= 4 is 0 Å². The van der Waals surface area contributed by atoms with Gasteiger partial charge in [-0.3, -0.25) is 0 Å². The molecule has 3 heteroatoms. The Morgan fingerprint density at radius 2 is 1.93 bits per heavy atom. The van der Waals surface area contributed by atoms with E-state index >= 15 is 0 Å². The summed E-state index contributed by atoms with van der Waals surface area (Å²) in [5, 5.41) is 16.7. The first-order valence-corrected chi connectivity index (χ1v) is 5.71. The number of hydrogen-bond donors (Lipinski definition) is 3. The molecule has 3 nitrogen and oxygen atoms in total. The molecule has 3 N–H and O–H groups in total. The second kappa shape index (κ2) is 7.21. The Kier molecular flexibility index (Phi) is 7.15. The van der Waals surface area contributed by atoms with Gasteiger partial charge in [0.25, 0.3) is 0 Å². The van der Waals surface area contributed by atoms with Crippen LogP contribution < -0.4 is 10.6 Å². The molecule has 0 fully saturated rings. The summed E-state index contributed by atoms with van der Waals surface area (Å²) in [6, 6.07) is 0.149. The van der Waals surface area contributed by atoms with Gasteiger partial charge in [0.2, 0.25) is 0 Å². The Hall–Kier alpha value is -0.120. The molecule has 0 aliphatic carbocycles. The van der Waals surface area contributed by atoms with Crippen molar-refractivity contribution in [3.63, 3.8) is 0 Å². The summed E-state index contributed by atoms with van der Waals surface area (Å²) in [6.07, 6.45) is 1.94. The fourth-order valence-corrected chi connectivity index (χ4v) is 1.39. The molecular formula is C11H26N2O. The summed E-state index contributed by atoms with van der Waals surface area (Å²) in [5.74, 6) is 0. The lowest BCUT2D eigenvalue weighted by atomic mass is 9.94. The van der Waals surface area contributed by atoms with Gasteiger partial charge in [-0.15, -0.1) is 0 Å². The average molecular weight is 202 g/mol. The van der Waals surface area contributed by atoms with E-state index in [1.807, 2.05) is 13.8 Å². The van der Waals surface area contributed by atoms with E-state index in [1.165, 1.54) is 0 Å². The molecule has 0 saturated heterocycles. The molecule has 0 aliphatic heterocycles. The van der Waals surface area contributed by atoms with Crippen molar-refractivity contribution in [3.05, 3.63) is 0 Å². The summed E-state index contributed by atoms with van der Waals surface area (Å²) >= 11 is 0. The van der Waals surface area contributed by atoms with Crippen LogP contribution in [0.15, 0.2) is 0 Å². The highest BCUT2D eigenvalue weighted by Crippen LogP contribution is 2.13. The summed E-state index contributed by atoms with van der Waals surface area (Å²) in [7, 11) is 0. The minimum Gasteiger partial charge on any atom is -0.389 e. The van der Waals surface area contributed by atoms with Gasteiger partial charge in [-0.2, -0.15) is 0 Å². The van der Waals surface area contributed by atoms with E-state index in [2.05, 4.69) is 24.5 Å². The second-order valence-corrected chi connectivity index (χ2v) is 4.14. The highest BCUT2D eigenvalue weighted by atomic mass is 16.3. The van der Waals surface area contributed by atoms with Gasteiger partial charge >= 0.3 is 0 Å². The molecule has 86 valence electrons. The average Bonchev–Trinajstić information content (AvgIpc) is 2.13. The maximum absolute atomic E-state index is 10.1.